The third-order valence-electron chi connectivity index (χ3n) is 6.80. The monoisotopic (exact) mass is 406 g/mol. The molecule has 2 aliphatic heterocycles. The summed E-state index contributed by atoms with van der Waals surface area (Å²) >= 11 is 0. The fraction of sp³-hybridized carbons (Fsp3) is 0.636. The van der Waals surface area contributed by atoms with Crippen LogP contribution in [0, 0.1) is 5.92 Å². The number of rotatable bonds is 5. The van der Waals surface area contributed by atoms with Crippen LogP contribution in [0.1, 0.15) is 78.8 Å². The average Bonchev–Trinajstić information content (AvgIpc) is 3.03. The Balaban J connectivity index is 0.00000225. The Labute approximate surface area is 173 Å². The molecule has 0 bridgehead atoms. The van der Waals surface area contributed by atoms with Crippen LogP contribution in [-0.2, 0) is 11.3 Å². The van der Waals surface area contributed by atoms with Gasteiger partial charge in [0.1, 0.15) is 0 Å². The van der Waals surface area contributed by atoms with Gasteiger partial charge in [0.05, 0.1) is 0 Å². The van der Waals surface area contributed by atoms with Crippen LogP contribution in [0.5, 0.6) is 0 Å². The molecule has 0 aromatic heterocycles. The number of hydrogen-bond acceptors (Lipinski definition) is 3. The van der Waals surface area contributed by atoms with Crippen molar-refractivity contribution in [3.63, 3.8) is 0 Å². The highest BCUT2D eigenvalue weighted by atomic mass is 35.5. The van der Waals surface area contributed by atoms with Gasteiger partial charge in [-0.25, -0.2) is 0 Å². The fourth-order valence-corrected chi connectivity index (χ4v) is 5.12. The molecule has 2 fully saturated rings. The van der Waals surface area contributed by atoms with Crippen LogP contribution in [-0.4, -0.2) is 41.0 Å². The Bertz CT molecular complexity index is 710. The second-order valence-corrected chi connectivity index (χ2v) is 8.48. The molecule has 1 amide bonds. The molecule has 5 nitrogen and oxygen atoms in total. The topological polar surface area (TPSA) is 69.6 Å². The molecule has 4 rings (SSSR count). The molecule has 6 heteroatoms. The normalized spacial score (nSPS) is 25.3. The fourth-order valence-electron chi connectivity index (χ4n) is 5.12. The quantitative estimate of drug-likeness (QED) is 0.776. The van der Waals surface area contributed by atoms with Gasteiger partial charge in [0, 0.05) is 24.6 Å². The van der Waals surface area contributed by atoms with Gasteiger partial charge in [-0.3, -0.25) is 9.59 Å². The van der Waals surface area contributed by atoms with E-state index in [9.17, 15) is 9.59 Å². The van der Waals surface area contributed by atoms with Gasteiger partial charge in [0.15, 0.2) is 0 Å². The maximum atomic E-state index is 13.1. The molecular weight excluding hydrogens is 376 g/mol. The van der Waals surface area contributed by atoms with E-state index >= 15 is 0 Å². The van der Waals surface area contributed by atoms with Crippen LogP contribution in [0.4, 0.5) is 0 Å². The van der Waals surface area contributed by atoms with Crippen LogP contribution >= 0.6 is 12.4 Å². The average molecular weight is 407 g/mol. The maximum absolute atomic E-state index is 13.1. The Hall–Kier alpha value is -1.59. The van der Waals surface area contributed by atoms with E-state index in [1.54, 1.807) is 0 Å². The summed E-state index contributed by atoms with van der Waals surface area (Å²) in [7, 11) is 0. The highest BCUT2D eigenvalue weighted by Gasteiger charge is 2.35. The minimum Gasteiger partial charge on any atom is -0.481 e. The van der Waals surface area contributed by atoms with Crippen molar-refractivity contribution in [1.29, 1.82) is 0 Å². The van der Waals surface area contributed by atoms with Gasteiger partial charge in [0.2, 0.25) is 0 Å². The van der Waals surface area contributed by atoms with E-state index in [0.29, 0.717) is 17.9 Å². The number of benzene rings is 1. The highest BCUT2D eigenvalue weighted by molar-refractivity contribution is 5.98. The first-order valence-electron chi connectivity index (χ1n) is 10.5. The van der Waals surface area contributed by atoms with Crippen LogP contribution in [0.3, 0.4) is 0 Å². The standard InChI is InChI=1S/C22H30N2O3.ClH/c25-21(26)8-3-15-1-6-19(7-2-15)24-14-18-5-4-17(13-20(18)22(24)27)16-9-11-23-12-10-16;/h4-5,13,15-16,19,23H,1-3,6-12,14H2,(H,25,26);1H. The van der Waals surface area contributed by atoms with Crippen molar-refractivity contribution >= 4 is 24.3 Å². The number of aliphatic carboxylic acids is 1. The maximum Gasteiger partial charge on any atom is 0.303 e. The summed E-state index contributed by atoms with van der Waals surface area (Å²) in [6, 6.07) is 6.87. The van der Waals surface area contributed by atoms with Crippen LogP contribution in [0.15, 0.2) is 18.2 Å². The predicted octanol–water partition coefficient (Wildman–Crippen LogP) is 3.95. The first kappa shape index (κ1) is 21.1. The summed E-state index contributed by atoms with van der Waals surface area (Å²) in [6.45, 7) is 2.87. The number of amides is 1. The Morgan fingerprint density at radius 2 is 1.82 bits per heavy atom. The Kier molecular flexibility index (Phi) is 7.00. The number of hydrogen-bond donors (Lipinski definition) is 2. The molecule has 1 aromatic carbocycles. The zero-order chi connectivity index (χ0) is 18.8. The minimum absolute atomic E-state index is 0. The molecule has 0 atom stereocenters. The summed E-state index contributed by atoms with van der Waals surface area (Å²) < 4.78 is 0. The summed E-state index contributed by atoms with van der Waals surface area (Å²) in [4.78, 5) is 25.9. The van der Waals surface area contributed by atoms with Crippen molar-refractivity contribution in [1.82, 2.24) is 10.2 Å². The molecule has 1 saturated carbocycles. The summed E-state index contributed by atoms with van der Waals surface area (Å²) in [5.74, 6) is 0.577. The molecule has 28 heavy (non-hydrogen) atoms. The van der Waals surface area contributed by atoms with E-state index in [1.807, 2.05) is 0 Å². The third kappa shape index (κ3) is 4.52. The number of fused-ring (bicyclic) bond motifs is 1. The minimum atomic E-state index is -0.702. The van der Waals surface area contributed by atoms with E-state index in [0.717, 1.165) is 70.1 Å². The lowest BCUT2D eigenvalue weighted by atomic mass is 9.83. The van der Waals surface area contributed by atoms with Crippen LogP contribution < -0.4 is 5.32 Å². The number of nitrogens with one attached hydrogen (secondary N) is 1. The van der Waals surface area contributed by atoms with E-state index in [2.05, 4.69) is 28.4 Å². The number of carbonyl (C=O) groups excluding carboxylic acids is 1. The van der Waals surface area contributed by atoms with E-state index in [4.69, 9.17) is 5.11 Å². The van der Waals surface area contributed by atoms with Gasteiger partial charge in [-0.05, 0) is 87.1 Å². The number of nitrogens with zero attached hydrogens (tertiary/aromatic N) is 1. The lowest BCUT2D eigenvalue weighted by Gasteiger charge is -2.34. The molecule has 0 radical (unpaired) electrons. The summed E-state index contributed by atoms with van der Waals surface area (Å²) in [6.07, 6.45) is 7.43. The predicted molar refractivity (Wildman–Crippen MR) is 111 cm³/mol. The number of carboxylic acids is 1. The molecular formula is C22H31ClN2O3. The van der Waals surface area contributed by atoms with Crippen molar-refractivity contribution in [3.05, 3.63) is 34.9 Å². The van der Waals surface area contributed by atoms with Crippen LogP contribution in [0.2, 0.25) is 0 Å². The smallest absolute Gasteiger partial charge is 0.303 e. The molecule has 1 saturated heterocycles. The van der Waals surface area contributed by atoms with Crippen molar-refractivity contribution < 1.29 is 14.7 Å². The zero-order valence-corrected chi connectivity index (χ0v) is 17.2. The second-order valence-electron chi connectivity index (χ2n) is 8.48. The van der Waals surface area contributed by atoms with Gasteiger partial charge in [0.25, 0.3) is 5.91 Å². The van der Waals surface area contributed by atoms with Gasteiger partial charge < -0.3 is 15.3 Å². The molecule has 2 heterocycles. The van der Waals surface area contributed by atoms with Crippen molar-refractivity contribution in [2.24, 2.45) is 5.92 Å². The first-order valence-corrected chi connectivity index (χ1v) is 10.5. The van der Waals surface area contributed by atoms with E-state index < -0.39 is 5.97 Å². The molecule has 2 N–H and O–H groups in total. The van der Waals surface area contributed by atoms with Gasteiger partial charge in [-0.1, -0.05) is 12.1 Å². The van der Waals surface area contributed by atoms with Crippen molar-refractivity contribution in [2.45, 2.75) is 69.9 Å². The molecule has 0 unspecified atom stereocenters. The van der Waals surface area contributed by atoms with Crippen LogP contribution in [0.25, 0.3) is 0 Å². The van der Waals surface area contributed by atoms with Gasteiger partial charge in [-0.15, -0.1) is 12.4 Å². The largest absolute Gasteiger partial charge is 0.481 e. The first-order chi connectivity index (χ1) is 13.1. The zero-order valence-electron chi connectivity index (χ0n) is 16.4. The Morgan fingerprint density at radius 3 is 2.50 bits per heavy atom. The number of carbonyl (C=O) groups is 2. The lowest BCUT2D eigenvalue weighted by molar-refractivity contribution is -0.137. The van der Waals surface area contributed by atoms with E-state index in [-0.39, 0.29) is 24.7 Å². The Morgan fingerprint density at radius 1 is 1.11 bits per heavy atom. The number of piperidine rings is 1. The molecule has 1 aromatic rings. The molecule has 1 aliphatic carbocycles. The summed E-state index contributed by atoms with van der Waals surface area (Å²) in [5, 5.41) is 12.3. The van der Waals surface area contributed by atoms with Crippen molar-refractivity contribution in [3.8, 4) is 0 Å². The highest BCUT2D eigenvalue weighted by Crippen LogP contribution is 2.36. The molecule has 0 spiro atoms. The summed E-state index contributed by atoms with van der Waals surface area (Å²) in [5.41, 5.74) is 3.41. The van der Waals surface area contributed by atoms with Gasteiger partial charge >= 0.3 is 5.97 Å². The third-order valence-corrected chi connectivity index (χ3v) is 6.80. The molecule has 154 valence electrons. The number of carboxylic acid groups (broad SMARTS) is 1. The lowest BCUT2D eigenvalue weighted by Crippen LogP contribution is -2.38. The second kappa shape index (κ2) is 9.27. The van der Waals surface area contributed by atoms with E-state index in [1.165, 1.54) is 11.1 Å². The van der Waals surface area contributed by atoms with Gasteiger partial charge in [-0.2, -0.15) is 0 Å². The SMILES string of the molecule is Cl.O=C(O)CCC1CCC(N2Cc3ccc(C4CCNCC4)cc3C2=O)CC1. The van der Waals surface area contributed by atoms with Crippen molar-refractivity contribution in [2.75, 3.05) is 13.1 Å². The number of halogens is 1. The molecule has 3 aliphatic rings.